The van der Waals surface area contributed by atoms with Crippen molar-refractivity contribution in [2.45, 2.75) is 26.9 Å². The zero-order valence-corrected chi connectivity index (χ0v) is 9.01. The SMILES string of the molecule is Cc1nccn1CCn1nc(N)cc1C. The number of imidazole rings is 1. The summed E-state index contributed by atoms with van der Waals surface area (Å²) in [5.74, 6) is 1.60. The molecular weight excluding hydrogens is 190 g/mol. The maximum absolute atomic E-state index is 5.61. The lowest BCUT2D eigenvalue weighted by Crippen LogP contribution is -2.10. The van der Waals surface area contributed by atoms with Crippen LogP contribution in [0.15, 0.2) is 18.5 Å². The van der Waals surface area contributed by atoms with Gasteiger partial charge in [-0.15, -0.1) is 0 Å². The van der Waals surface area contributed by atoms with Gasteiger partial charge in [0, 0.05) is 30.7 Å². The third-order valence-electron chi connectivity index (χ3n) is 2.48. The van der Waals surface area contributed by atoms with Crippen LogP contribution in [-0.2, 0) is 13.1 Å². The zero-order valence-electron chi connectivity index (χ0n) is 9.01. The van der Waals surface area contributed by atoms with Crippen molar-refractivity contribution in [3.63, 3.8) is 0 Å². The van der Waals surface area contributed by atoms with Crippen LogP contribution in [0.1, 0.15) is 11.5 Å². The van der Waals surface area contributed by atoms with Crippen molar-refractivity contribution in [1.82, 2.24) is 19.3 Å². The molecule has 5 nitrogen and oxygen atoms in total. The Morgan fingerprint density at radius 3 is 2.67 bits per heavy atom. The van der Waals surface area contributed by atoms with E-state index in [1.54, 1.807) is 6.20 Å². The predicted octanol–water partition coefficient (Wildman–Crippen LogP) is 0.979. The van der Waals surface area contributed by atoms with E-state index in [2.05, 4.69) is 14.6 Å². The van der Waals surface area contributed by atoms with Crippen LogP contribution < -0.4 is 5.73 Å². The molecule has 0 aromatic carbocycles. The fourth-order valence-corrected chi connectivity index (χ4v) is 1.60. The number of nitrogen functional groups attached to an aromatic ring is 1. The molecule has 0 saturated carbocycles. The second kappa shape index (κ2) is 3.76. The summed E-state index contributed by atoms with van der Waals surface area (Å²) in [5.41, 5.74) is 6.70. The molecule has 0 atom stereocenters. The topological polar surface area (TPSA) is 61.7 Å². The maximum atomic E-state index is 5.61. The van der Waals surface area contributed by atoms with E-state index >= 15 is 0 Å². The summed E-state index contributed by atoms with van der Waals surface area (Å²) in [6.45, 7) is 5.68. The van der Waals surface area contributed by atoms with Gasteiger partial charge in [0.05, 0.1) is 6.54 Å². The molecule has 2 aromatic heterocycles. The number of hydrogen-bond acceptors (Lipinski definition) is 3. The molecule has 2 rings (SSSR count). The normalized spacial score (nSPS) is 10.8. The summed E-state index contributed by atoms with van der Waals surface area (Å²) in [7, 11) is 0. The molecule has 2 aromatic rings. The number of nitrogens with zero attached hydrogens (tertiary/aromatic N) is 4. The Kier molecular flexibility index (Phi) is 2.45. The van der Waals surface area contributed by atoms with Crippen LogP contribution >= 0.6 is 0 Å². The number of hydrogen-bond donors (Lipinski definition) is 1. The standard InChI is InChI=1S/C10H15N5/c1-8-7-10(11)13-15(8)6-5-14-4-3-12-9(14)2/h3-4,7H,5-6H2,1-2H3,(H2,11,13). The lowest BCUT2D eigenvalue weighted by Gasteiger charge is -2.06. The van der Waals surface area contributed by atoms with Crippen LogP contribution in [0.3, 0.4) is 0 Å². The first-order valence-corrected chi connectivity index (χ1v) is 4.94. The molecule has 2 heterocycles. The minimum Gasteiger partial charge on any atom is -0.382 e. The van der Waals surface area contributed by atoms with E-state index in [4.69, 9.17) is 5.73 Å². The summed E-state index contributed by atoms with van der Waals surface area (Å²) >= 11 is 0. The van der Waals surface area contributed by atoms with Crippen LogP contribution in [0, 0.1) is 13.8 Å². The van der Waals surface area contributed by atoms with Gasteiger partial charge in [-0.25, -0.2) is 4.98 Å². The second-order valence-corrected chi connectivity index (χ2v) is 3.60. The van der Waals surface area contributed by atoms with E-state index < -0.39 is 0 Å². The van der Waals surface area contributed by atoms with E-state index in [9.17, 15) is 0 Å². The van der Waals surface area contributed by atoms with Gasteiger partial charge in [-0.2, -0.15) is 5.10 Å². The Labute approximate surface area is 88.5 Å². The highest BCUT2D eigenvalue weighted by atomic mass is 15.3. The first kappa shape index (κ1) is 9.76. The predicted molar refractivity (Wildman–Crippen MR) is 58.3 cm³/mol. The third kappa shape index (κ3) is 2.01. The second-order valence-electron chi connectivity index (χ2n) is 3.60. The Hall–Kier alpha value is -1.78. The molecule has 0 saturated heterocycles. The molecule has 0 aliphatic carbocycles. The van der Waals surface area contributed by atoms with Crippen molar-refractivity contribution < 1.29 is 0 Å². The Bertz CT molecular complexity index is 454. The fraction of sp³-hybridized carbons (Fsp3) is 0.400. The number of anilines is 1. The number of rotatable bonds is 3. The van der Waals surface area contributed by atoms with E-state index in [1.165, 1.54) is 0 Å². The zero-order chi connectivity index (χ0) is 10.8. The highest BCUT2D eigenvalue weighted by Gasteiger charge is 2.02. The summed E-state index contributed by atoms with van der Waals surface area (Å²) in [4.78, 5) is 4.17. The van der Waals surface area contributed by atoms with Crippen molar-refractivity contribution in [1.29, 1.82) is 0 Å². The molecule has 0 amide bonds. The van der Waals surface area contributed by atoms with Crippen LogP contribution in [-0.4, -0.2) is 19.3 Å². The van der Waals surface area contributed by atoms with Crippen LogP contribution in [0.4, 0.5) is 5.82 Å². The lowest BCUT2D eigenvalue weighted by atomic mass is 10.4. The molecule has 0 spiro atoms. The average Bonchev–Trinajstić information content (AvgIpc) is 2.70. The van der Waals surface area contributed by atoms with E-state index in [1.807, 2.05) is 30.8 Å². The highest BCUT2D eigenvalue weighted by molar-refractivity contribution is 5.28. The molecular formula is C10H15N5. The van der Waals surface area contributed by atoms with Crippen molar-refractivity contribution in [2.24, 2.45) is 0 Å². The van der Waals surface area contributed by atoms with Crippen LogP contribution in [0.25, 0.3) is 0 Å². The van der Waals surface area contributed by atoms with E-state index in [0.29, 0.717) is 5.82 Å². The first-order valence-electron chi connectivity index (χ1n) is 4.94. The van der Waals surface area contributed by atoms with Gasteiger partial charge in [0.15, 0.2) is 0 Å². The monoisotopic (exact) mass is 205 g/mol. The van der Waals surface area contributed by atoms with Gasteiger partial charge >= 0.3 is 0 Å². The molecule has 0 radical (unpaired) electrons. The number of aryl methyl sites for hydroxylation is 4. The maximum Gasteiger partial charge on any atom is 0.145 e. The van der Waals surface area contributed by atoms with E-state index in [-0.39, 0.29) is 0 Å². The molecule has 0 fully saturated rings. The fourth-order valence-electron chi connectivity index (χ4n) is 1.60. The molecule has 15 heavy (non-hydrogen) atoms. The average molecular weight is 205 g/mol. The molecule has 5 heteroatoms. The summed E-state index contributed by atoms with van der Waals surface area (Å²) in [5, 5.41) is 4.20. The van der Waals surface area contributed by atoms with Gasteiger partial charge in [-0.1, -0.05) is 0 Å². The minimum absolute atomic E-state index is 0.579. The third-order valence-corrected chi connectivity index (χ3v) is 2.48. The smallest absolute Gasteiger partial charge is 0.145 e. The van der Waals surface area contributed by atoms with Crippen molar-refractivity contribution in [3.8, 4) is 0 Å². The van der Waals surface area contributed by atoms with Crippen molar-refractivity contribution >= 4 is 5.82 Å². The molecule has 0 aliphatic rings. The van der Waals surface area contributed by atoms with Crippen molar-refractivity contribution in [3.05, 3.63) is 30.0 Å². The van der Waals surface area contributed by atoms with Gasteiger partial charge in [-0.05, 0) is 13.8 Å². The summed E-state index contributed by atoms with van der Waals surface area (Å²) in [6, 6.07) is 1.88. The molecule has 2 N–H and O–H groups in total. The molecule has 0 unspecified atom stereocenters. The molecule has 0 aliphatic heterocycles. The first-order chi connectivity index (χ1) is 7.16. The quantitative estimate of drug-likeness (QED) is 0.812. The minimum atomic E-state index is 0.579. The summed E-state index contributed by atoms with van der Waals surface area (Å²) in [6.07, 6.45) is 3.77. The van der Waals surface area contributed by atoms with Crippen LogP contribution in [0.5, 0.6) is 0 Å². The van der Waals surface area contributed by atoms with Gasteiger partial charge in [-0.3, -0.25) is 4.68 Å². The van der Waals surface area contributed by atoms with E-state index in [0.717, 1.165) is 24.6 Å². The Morgan fingerprint density at radius 2 is 2.13 bits per heavy atom. The molecule has 0 bridgehead atoms. The highest BCUT2D eigenvalue weighted by Crippen LogP contribution is 2.05. The summed E-state index contributed by atoms with van der Waals surface area (Å²) < 4.78 is 4.01. The van der Waals surface area contributed by atoms with Crippen LogP contribution in [0.2, 0.25) is 0 Å². The number of aromatic nitrogens is 4. The van der Waals surface area contributed by atoms with Gasteiger partial charge < -0.3 is 10.3 Å². The Balaban J connectivity index is 2.05. The largest absolute Gasteiger partial charge is 0.382 e. The molecule has 80 valence electrons. The van der Waals surface area contributed by atoms with Crippen molar-refractivity contribution in [2.75, 3.05) is 5.73 Å². The van der Waals surface area contributed by atoms with Gasteiger partial charge in [0.2, 0.25) is 0 Å². The van der Waals surface area contributed by atoms with Gasteiger partial charge in [0.1, 0.15) is 11.6 Å². The Morgan fingerprint density at radius 1 is 1.33 bits per heavy atom. The number of nitrogens with two attached hydrogens (primary N) is 1. The lowest BCUT2D eigenvalue weighted by molar-refractivity contribution is 0.518. The van der Waals surface area contributed by atoms with Gasteiger partial charge in [0.25, 0.3) is 0 Å².